The summed E-state index contributed by atoms with van der Waals surface area (Å²) in [5, 5.41) is 15.8. The third-order valence-corrected chi connectivity index (χ3v) is 3.08. The summed E-state index contributed by atoms with van der Waals surface area (Å²) in [7, 11) is 0. The van der Waals surface area contributed by atoms with Gasteiger partial charge in [0.05, 0.1) is 6.10 Å². The van der Waals surface area contributed by atoms with Crippen LogP contribution in [0.3, 0.4) is 0 Å². The van der Waals surface area contributed by atoms with Crippen LogP contribution in [0.1, 0.15) is 26.2 Å². The Morgan fingerprint density at radius 2 is 2.29 bits per heavy atom. The number of anilines is 2. The van der Waals surface area contributed by atoms with Crippen molar-refractivity contribution < 1.29 is 5.11 Å². The van der Waals surface area contributed by atoms with E-state index >= 15 is 0 Å². The first-order valence-electron chi connectivity index (χ1n) is 6.26. The van der Waals surface area contributed by atoms with Crippen molar-refractivity contribution >= 4 is 11.8 Å². The van der Waals surface area contributed by atoms with Gasteiger partial charge in [-0.05, 0) is 38.2 Å². The molecule has 0 bridgehead atoms. The fourth-order valence-electron chi connectivity index (χ4n) is 2.18. The zero-order valence-electron chi connectivity index (χ0n) is 10.2. The zero-order valence-corrected chi connectivity index (χ0v) is 10.2. The maximum Gasteiger partial charge on any atom is 0.224 e. The first-order valence-corrected chi connectivity index (χ1v) is 6.26. The molecule has 0 radical (unpaired) electrons. The van der Waals surface area contributed by atoms with Crippen LogP contribution in [0.15, 0.2) is 12.3 Å². The lowest BCUT2D eigenvalue weighted by Crippen LogP contribution is -2.14. The van der Waals surface area contributed by atoms with E-state index in [4.69, 9.17) is 0 Å². The minimum Gasteiger partial charge on any atom is -0.393 e. The fourth-order valence-corrected chi connectivity index (χ4v) is 2.18. The molecule has 0 saturated heterocycles. The summed E-state index contributed by atoms with van der Waals surface area (Å²) >= 11 is 0. The largest absolute Gasteiger partial charge is 0.393 e. The van der Waals surface area contributed by atoms with Crippen LogP contribution in [0.4, 0.5) is 11.8 Å². The predicted molar refractivity (Wildman–Crippen MR) is 68.0 cm³/mol. The number of aromatic nitrogens is 2. The summed E-state index contributed by atoms with van der Waals surface area (Å²) in [6.07, 6.45) is 4.57. The normalized spacial score (nSPS) is 23.6. The Labute approximate surface area is 102 Å². The van der Waals surface area contributed by atoms with Crippen LogP contribution >= 0.6 is 0 Å². The average Bonchev–Trinajstić information content (AvgIpc) is 2.74. The van der Waals surface area contributed by atoms with Crippen molar-refractivity contribution in [3.05, 3.63) is 12.3 Å². The van der Waals surface area contributed by atoms with E-state index < -0.39 is 0 Å². The fraction of sp³-hybridized carbons (Fsp3) is 0.667. The average molecular weight is 236 g/mol. The maximum atomic E-state index is 9.45. The summed E-state index contributed by atoms with van der Waals surface area (Å²) in [4.78, 5) is 8.47. The van der Waals surface area contributed by atoms with Gasteiger partial charge in [0.1, 0.15) is 5.82 Å². The Morgan fingerprint density at radius 3 is 3.00 bits per heavy atom. The van der Waals surface area contributed by atoms with Gasteiger partial charge in [0.2, 0.25) is 5.95 Å². The molecule has 2 atom stereocenters. The Morgan fingerprint density at radius 1 is 1.41 bits per heavy atom. The molecule has 94 valence electrons. The van der Waals surface area contributed by atoms with Crippen molar-refractivity contribution in [1.29, 1.82) is 0 Å². The second kappa shape index (κ2) is 5.82. The first-order chi connectivity index (χ1) is 8.28. The van der Waals surface area contributed by atoms with Crippen molar-refractivity contribution in [3.8, 4) is 0 Å². The van der Waals surface area contributed by atoms with E-state index in [-0.39, 0.29) is 6.10 Å². The monoisotopic (exact) mass is 236 g/mol. The minimum absolute atomic E-state index is 0.107. The van der Waals surface area contributed by atoms with E-state index in [1.165, 1.54) is 0 Å². The van der Waals surface area contributed by atoms with Gasteiger partial charge >= 0.3 is 0 Å². The van der Waals surface area contributed by atoms with Crippen LogP contribution < -0.4 is 10.6 Å². The summed E-state index contributed by atoms with van der Waals surface area (Å²) < 4.78 is 0. The van der Waals surface area contributed by atoms with E-state index in [0.717, 1.165) is 38.2 Å². The number of aliphatic hydroxyl groups excluding tert-OH is 1. The third kappa shape index (κ3) is 3.56. The van der Waals surface area contributed by atoms with Gasteiger partial charge in [0, 0.05) is 19.3 Å². The second-order valence-electron chi connectivity index (χ2n) is 4.51. The van der Waals surface area contributed by atoms with Crippen LogP contribution in [0, 0.1) is 5.92 Å². The highest BCUT2D eigenvalue weighted by Gasteiger charge is 2.22. The second-order valence-corrected chi connectivity index (χ2v) is 4.51. The summed E-state index contributed by atoms with van der Waals surface area (Å²) in [5.74, 6) is 2.06. The van der Waals surface area contributed by atoms with E-state index in [1.54, 1.807) is 6.20 Å². The van der Waals surface area contributed by atoms with E-state index in [0.29, 0.717) is 11.9 Å². The molecule has 5 nitrogen and oxygen atoms in total. The molecule has 1 saturated carbocycles. The minimum atomic E-state index is -0.107. The lowest BCUT2D eigenvalue weighted by atomic mass is 10.1. The molecule has 0 spiro atoms. The highest BCUT2D eigenvalue weighted by atomic mass is 16.3. The van der Waals surface area contributed by atoms with Crippen molar-refractivity contribution in [1.82, 2.24) is 9.97 Å². The maximum absolute atomic E-state index is 9.45. The van der Waals surface area contributed by atoms with Crippen molar-refractivity contribution in [2.75, 3.05) is 23.7 Å². The molecule has 2 rings (SSSR count). The third-order valence-electron chi connectivity index (χ3n) is 3.08. The lowest BCUT2D eigenvalue weighted by Gasteiger charge is -2.11. The summed E-state index contributed by atoms with van der Waals surface area (Å²) in [5.41, 5.74) is 0. The molecular weight excluding hydrogens is 216 g/mol. The van der Waals surface area contributed by atoms with E-state index in [2.05, 4.69) is 20.6 Å². The van der Waals surface area contributed by atoms with Crippen LogP contribution in [0.2, 0.25) is 0 Å². The summed E-state index contributed by atoms with van der Waals surface area (Å²) in [6.45, 7) is 3.71. The topological polar surface area (TPSA) is 70.1 Å². The quantitative estimate of drug-likeness (QED) is 0.722. The number of hydrogen-bond acceptors (Lipinski definition) is 5. The molecule has 1 aliphatic carbocycles. The Bertz CT molecular complexity index is 358. The van der Waals surface area contributed by atoms with Crippen LogP contribution in [0.25, 0.3) is 0 Å². The highest BCUT2D eigenvalue weighted by molar-refractivity contribution is 5.39. The van der Waals surface area contributed by atoms with Crippen molar-refractivity contribution in [2.24, 2.45) is 5.92 Å². The number of nitrogens with one attached hydrogen (secondary N) is 2. The molecule has 0 aromatic carbocycles. The van der Waals surface area contributed by atoms with Crippen LogP contribution in [0.5, 0.6) is 0 Å². The molecular formula is C12H20N4O. The van der Waals surface area contributed by atoms with Crippen molar-refractivity contribution in [3.63, 3.8) is 0 Å². The van der Waals surface area contributed by atoms with Gasteiger partial charge in [-0.1, -0.05) is 0 Å². The Balaban J connectivity index is 1.83. The van der Waals surface area contributed by atoms with E-state index in [1.807, 2.05) is 13.0 Å². The van der Waals surface area contributed by atoms with Crippen molar-refractivity contribution in [2.45, 2.75) is 32.3 Å². The molecule has 5 heteroatoms. The number of nitrogens with zero attached hydrogens (tertiary/aromatic N) is 2. The molecule has 1 aromatic heterocycles. The number of aliphatic hydroxyl groups is 1. The predicted octanol–water partition coefficient (Wildman–Crippen LogP) is 1.48. The molecule has 0 aliphatic heterocycles. The molecule has 3 N–H and O–H groups in total. The molecule has 2 unspecified atom stereocenters. The first kappa shape index (κ1) is 12.1. The Kier molecular flexibility index (Phi) is 4.14. The highest BCUT2D eigenvalue weighted by Crippen LogP contribution is 2.25. The SMILES string of the molecule is CCNc1nccc(NCC2CCC(O)C2)n1. The number of rotatable bonds is 5. The van der Waals surface area contributed by atoms with Gasteiger partial charge in [-0.25, -0.2) is 4.98 Å². The van der Waals surface area contributed by atoms with Crippen LogP contribution in [-0.2, 0) is 0 Å². The molecule has 1 aromatic rings. The molecule has 1 aliphatic rings. The van der Waals surface area contributed by atoms with Gasteiger partial charge < -0.3 is 15.7 Å². The van der Waals surface area contributed by atoms with Gasteiger partial charge in [-0.3, -0.25) is 0 Å². The van der Waals surface area contributed by atoms with Gasteiger partial charge in [-0.2, -0.15) is 4.98 Å². The Hall–Kier alpha value is -1.36. The van der Waals surface area contributed by atoms with Gasteiger partial charge in [0.25, 0.3) is 0 Å². The molecule has 1 heterocycles. The number of hydrogen-bond donors (Lipinski definition) is 3. The standard InChI is InChI=1S/C12H20N4O/c1-2-13-12-14-6-5-11(16-12)15-8-9-3-4-10(17)7-9/h5-6,9-10,17H,2-4,7-8H2,1H3,(H2,13,14,15,16). The molecule has 1 fully saturated rings. The van der Waals surface area contributed by atoms with E-state index in [9.17, 15) is 5.11 Å². The van der Waals surface area contributed by atoms with Crippen LogP contribution in [-0.4, -0.2) is 34.3 Å². The zero-order chi connectivity index (χ0) is 12.1. The smallest absolute Gasteiger partial charge is 0.224 e. The summed E-state index contributed by atoms with van der Waals surface area (Å²) in [6, 6.07) is 1.87. The molecule has 17 heavy (non-hydrogen) atoms. The van der Waals surface area contributed by atoms with Gasteiger partial charge in [0.15, 0.2) is 0 Å². The lowest BCUT2D eigenvalue weighted by molar-refractivity contribution is 0.178. The molecule has 0 amide bonds. The van der Waals surface area contributed by atoms with Gasteiger partial charge in [-0.15, -0.1) is 0 Å².